The molecule has 0 bridgehead atoms. The average molecular weight is 564 g/mol. The van der Waals surface area contributed by atoms with Crippen molar-refractivity contribution in [3.63, 3.8) is 0 Å². The van der Waals surface area contributed by atoms with Gasteiger partial charge in [0.1, 0.15) is 12.1 Å². The van der Waals surface area contributed by atoms with Crippen molar-refractivity contribution in [1.29, 1.82) is 0 Å². The summed E-state index contributed by atoms with van der Waals surface area (Å²) in [4.78, 5) is 22.3. The van der Waals surface area contributed by atoms with E-state index in [0.29, 0.717) is 27.9 Å². The third-order valence-electron chi connectivity index (χ3n) is 6.76. The second kappa shape index (κ2) is 10.7. The van der Waals surface area contributed by atoms with Crippen LogP contribution in [0.5, 0.6) is 0 Å². The SMILES string of the molecule is NS(=O)(=O)OC[C@H]1C[C@@H](Nc2ncncc2C(=O)c2cc(C3NCCc4ccccc43)c(Cl)s2)C[C@@H]1O. The zero-order valence-electron chi connectivity index (χ0n) is 19.6. The molecule has 2 aliphatic rings. The molecule has 0 amide bonds. The fourth-order valence-corrected chi connectivity index (χ4v) is 6.65. The van der Waals surface area contributed by atoms with Crippen molar-refractivity contribution in [2.45, 2.75) is 37.5 Å². The molecule has 37 heavy (non-hydrogen) atoms. The maximum Gasteiger partial charge on any atom is 0.333 e. The van der Waals surface area contributed by atoms with Crippen LogP contribution >= 0.6 is 22.9 Å². The Labute approximate surface area is 223 Å². The van der Waals surface area contributed by atoms with Crippen LogP contribution in [-0.4, -0.2) is 54.6 Å². The van der Waals surface area contributed by atoms with Crippen LogP contribution in [0.2, 0.25) is 4.34 Å². The molecule has 1 aliphatic carbocycles. The van der Waals surface area contributed by atoms with Crippen LogP contribution in [0.1, 0.15) is 50.8 Å². The summed E-state index contributed by atoms with van der Waals surface area (Å²) >= 11 is 7.85. The summed E-state index contributed by atoms with van der Waals surface area (Å²) in [6, 6.07) is 9.68. The largest absolute Gasteiger partial charge is 0.393 e. The Morgan fingerprint density at radius 1 is 1.30 bits per heavy atom. The summed E-state index contributed by atoms with van der Waals surface area (Å²) in [5.74, 6) is -0.364. The molecule has 3 aromatic rings. The van der Waals surface area contributed by atoms with Gasteiger partial charge in [0.15, 0.2) is 0 Å². The monoisotopic (exact) mass is 563 g/mol. The molecule has 1 saturated carbocycles. The summed E-state index contributed by atoms with van der Waals surface area (Å²) in [7, 11) is -4.10. The van der Waals surface area contributed by atoms with Gasteiger partial charge >= 0.3 is 10.3 Å². The Bertz CT molecular complexity index is 1420. The average Bonchev–Trinajstić information content (AvgIpc) is 3.43. The van der Waals surface area contributed by atoms with Gasteiger partial charge in [-0.1, -0.05) is 35.9 Å². The zero-order chi connectivity index (χ0) is 26.2. The van der Waals surface area contributed by atoms with Gasteiger partial charge in [0.05, 0.1) is 33.5 Å². The van der Waals surface area contributed by atoms with Crippen LogP contribution in [0.4, 0.5) is 5.82 Å². The zero-order valence-corrected chi connectivity index (χ0v) is 22.0. The molecule has 0 saturated heterocycles. The number of thiophene rings is 1. The molecule has 10 nitrogen and oxygen atoms in total. The number of hydrogen-bond acceptors (Lipinski definition) is 10. The number of nitrogens with zero attached hydrogens (tertiary/aromatic N) is 2. The van der Waals surface area contributed by atoms with Crippen LogP contribution in [-0.2, 0) is 20.9 Å². The van der Waals surface area contributed by atoms with Gasteiger partial charge in [0.2, 0.25) is 5.78 Å². The van der Waals surface area contributed by atoms with Crippen molar-refractivity contribution in [2.24, 2.45) is 11.1 Å². The molecular weight excluding hydrogens is 538 g/mol. The lowest BCUT2D eigenvalue weighted by Crippen LogP contribution is -2.30. The Hall–Kier alpha value is -2.45. The molecule has 1 unspecified atom stereocenters. The van der Waals surface area contributed by atoms with Gasteiger partial charge in [0.25, 0.3) is 0 Å². The highest BCUT2D eigenvalue weighted by Crippen LogP contribution is 2.39. The quantitative estimate of drug-likeness (QED) is 0.302. The number of nitrogens with two attached hydrogens (primary N) is 1. The molecule has 0 spiro atoms. The summed E-state index contributed by atoms with van der Waals surface area (Å²) < 4.78 is 27.4. The highest BCUT2D eigenvalue weighted by molar-refractivity contribution is 7.84. The van der Waals surface area contributed by atoms with Crippen LogP contribution in [0.25, 0.3) is 0 Å². The van der Waals surface area contributed by atoms with E-state index in [0.717, 1.165) is 24.1 Å². The number of rotatable bonds is 8. The molecule has 1 aliphatic heterocycles. The number of aliphatic hydroxyl groups is 1. The first-order chi connectivity index (χ1) is 17.7. The summed E-state index contributed by atoms with van der Waals surface area (Å²) in [6.07, 6.45) is 3.67. The fourth-order valence-electron chi connectivity index (χ4n) is 4.99. The van der Waals surface area contributed by atoms with Gasteiger partial charge in [0, 0.05) is 30.3 Å². The predicted octanol–water partition coefficient (Wildman–Crippen LogP) is 2.43. The van der Waals surface area contributed by atoms with E-state index in [1.165, 1.54) is 29.4 Å². The number of carbonyl (C=O) groups excluding carboxylic acids is 1. The first kappa shape index (κ1) is 26.2. The van der Waals surface area contributed by atoms with Gasteiger partial charge in [-0.25, -0.2) is 15.1 Å². The van der Waals surface area contributed by atoms with E-state index in [1.54, 1.807) is 0 Å². The number of carbonyl (C=O) groups is 1. The molecule has 1 fully saturated rings. The van der Waals surface area contributed by atoms with E-state index in [9.17, 15) is 18.3 Å². The van der Waals surface area contributed by atoms with Crippen molar-refractivity contribution < 1.29 is 22.5 Å². The minimum atomic E-state index is -4.10. The molecule has 5 N–H and O–H groups in total. The highest BCUT2D eigenvalue weighted by atomic mass is 35.5. The molecule has 0 radical (unpaired) electrons. The molecule has 5 rings (SSSR count). The van der Waals surface area contributed by atoms with E-state index in [2.05, 4.69) is 36.9 Å². The summed E-state index contributed by atoms with van der Waals surface area (Å²) in [5, 5.41) is 22.0. The third-order valence-corrected chi connectivity index (χ3v) is 8.61. The van der Waals surface area contributed by atoms with Crippen molar-refractivity contribution in [2.75, 3.05) is 18.5 Å². The third kappa shape index (κ3) is 5.85. The maximum absolute atomic E-state index is 13.5. The minimum absolute atomic E-state index is 0.101. The normalized spacial score (nSPS) is 23.5. The lowest BCUT2D eigenvalue weighted by Gasteiger charge is -2.26. The van der Waals surface area contributed by atoms with Crippen LogP contribution in [0.15, 0.2) is 42.9 Å². The van der Waals surface area contributed by atoms with Gasteiger partial charge < -0.3 is 15.7 Å². The van der Waals surface area contributed by atoms with E-state index >= 15 is 0 Å². The predicted molar refractivity (Wildman–Crippen MR) is 140 cm³/mol. The summed E-state index contributed by atoms with van der Waals surface area (Å²) in [5.41, 5.74) is 3.54. The van der Waals surface area contributed by atoms with Gasteiger partial charge in [-0.3, -0.25) is 8.98 Å². The molecule has 196 valence electrons. The molecule has 2 aromatic heterocycles. The Morgan fingerprint density at radius 2 is 2.11 bits per heavy atom. The van der Waals surface area contributed by atoms with Gasteiger partial charge in [-0.05, 0) is 36.5 Å². The Kier molecular flexibility index (Phi) is 7.59. The highest BCUT2D eigenvalue weighted by Gasteiger charge is 2.35. The number of halogens is 1. The van der Waals surface area contributed by atoms with Crippen molar-refractivity contribution >= 4 is 44.8 Å². The molecular formula is C24H26ClN5O5S2. The number of aromatic nitrogens is 2. The number of nitrogens with one attached hydrogen (secondary N) is 2. The first-order valence-electron chi connectivity index (χ1n) is 11.8. The second-order valence-corrected chi connectivity index (χ2v) is 12.1. The van der Waals surface area contributed by atoms with Crippen molar-refractivity contribution in [1.82, 2.24) is 15.3 Å². The van der Waals surface area contributed by atoms with Crippen LogP contribution < -0.4 is 15.8 Å². The topological polar surface area (TPSA) is 157 Å². The van der Waals surface area contributed by atoms with E-state index in [4.69, 9.17) is 16.7 Å². The van der Waals surface area contributed by atoms with Crippen molar-refractivity contribution in [3.05, 3.63) is 74.3 Å². The number of ketones is 1. The summed E-state index contributed by atoms with van der Waals surface area (Å²) in [6.45, 7) is 0.594. The van der Waals surface area contributed by atoms with Crippen LogP contribution in [0, 0.1) is 5.92 Å². The number of benzene rings is 1. The smallest absolute Gasteiger partial charge is 0.333 e. The number of anilines is 1. The van der Waals surface area contributed by atoms with Gasteiger partial charge in [-0.15, -0.1) is 11.3 Å². The van der Waals surface area contributed by atoms with E-state index < -0.39 is 22.3 Å². The second-order valence-electron chi connectivity index (χ2n) is 9.21. The number of fused-ring (bicyclic) bond motifs is 1. The lowest BCUT2D eigenvalue weighted by molar-refractivity contribution is 0.101. The fraction of sp³-hybridized carbons (Fsp3) is 0.375. The lowest BCUT2D eigenvalue weighted by atomic mass is 9.91. The minimum Gasteiger partial charge on any atom is -0.393 e. The molecule has 1 aromatic carbocycles. The van der Waals surface area contributed by atoms with E-state index in [1.807, 2.05) is 18.2 Å². The standard InChI is InChI=1S/C24H26ClN5O5S2/c25-23-17(21-16-4-2-1-3-13(16)5-6-28-21)9-20(36-23)22(32)18-10-27-12-29-24(18)30-15-7-14(19(31)8-15)11-35-37(26,33)34/h1-4,9-10,12,14-15,19,21,28,31H,5-8,11H2,(H2,26,33,34)(H,27,29,30)/t14-,15-,19+,21?/m1/s1. The molecule has 3 heterocycles. The number of aliphatic hydroxyl groups excluding tert-OH is 1. The molecule has 4 atom stereocenters. The molecule has 13 heteroatoms. The number of hydrogen-bond donors (Lipinski definition) is 4. The van der Waals surface area contributed by atoms with Crippen LogP contribution in [0.3, 0.4) is 0 Å². The van der Waals surface area contributed by atoms with E-state index in [-0.39, 0.29) is 30.0 Å². The van der Waals surface area contributed by atoms with Gasteiger partial charge in [-0.2, -0.15) is 8.42 Å². The first-order valence-corrected chi connectivity index (χ1v) is 14.4. The van der Waals surface area contributed by atoms with Crippen molar-refractivity contribution in [3.8, 4) is 0 Å². The Balaban J connectivity index is 1.34. The maximum atomic E-state index is 13.5. The Morgan fingerprint density at radius 3 is 2.92 bits per heavy atom.